The second-order valence-electron chi connectivity index (χ2n) is 7.43. The van der Waals surface area contributed by atoms with Crippen LogP contribution in [0.3, 0.4) is 0 Å². The number of Topliss-reactive ketones (excluding diaryl/α,β-unsaturated/α-hetero) is 1. The van der Waals surface area contributed by atoms with Gasteiger partial charge in [-0.05, 0) is 50.8 Å². The first-order chi connectivity index (χ1) is 10.9. The molecule has 1 aliphatic carbocycles. The molecule has 23 heavy (non-hydrogen) atoms. The summed E-state index contributed by atoms with van der Waals surface area (Å²) in [7, 11) is 0. The Morgan fingerprint density at radius 1 is 1.26 bits per heavy atom. The van der Waals surface area contributed by atoms with Gasteiger partial charge < -0.3 is 10.1 Å². The normalized spacial score (nSPS) is 20.5. The monoisotopic (exact) mass is 315 g/mol. The van der Waals surface area contributed by atoms with Gasteiger partial charge in [-0.1, -0.05) is 19.3 Å². The lowest BCUT2D eigenvalue weighted by molar-refractivity contribution is -0.117. The van der Waals surface area contributed by atoms with Crippen LogP contribution in [0.25, 0.3) is 0 Å². The first kappa shape index (κ1) is 16.0. The molecule has 1 fully saturated rings. The lowest BCUT2D eigenvalue weighted by Gasteiger charge is -2.31. The maximum absolute atomic E-state index is 12.3. The molecule has 1 aromatic carbocycles. The van der Waals surface area contributed by atoms with E-state index in [0.29, 0.717) is 35.8 Å². The number of ether oxygens (including phenoxy) is 1. The molecule has 0 bridgehead atoms. The third kappa shape index (κ3) is 3.92. The average molecular weight is 315 g/mol. The summed E-state index contributed by atoms with van der Waals surface area (Å²) in [5.41, 5.74) is 0.788. The second kappa shape index (κ2) is 6.34. The van der Waals surface area contributed by atoms with Gasteiger partial charge in [-0.15, -0.1) is 0 Å². The standard InChI is InChI=1S/C19H25NO3/c1-19(2)12-16(21)15-11-14(8-9-17(15)23-19)20-18(22)10-13-6-4-3-5-7-13/h8-9,11,13H,3-7,10,12H2,1-2H3,(H,20,22). The van der Waals surface area contributed by atoms with E-state index in [1.165, 1.54) is 19.3 Å². The fourth-order valence-electron chi connectivity index (χ4n) is 3.60. The van der Waals surface area contributed by atoms with Gasteiger partial charge in [0.15, 0.2) is 5.78 Å². The van der Waals surface area contributed by atoms with Gasteiger partial charge in [0.1, 0.15) is 11.4 Å². The molecule has 1 aliphatic heterocycles. The van der Waals surface area contributed by atoms with Gasteiger partial charge in [0.25, 0.3) is 0 Å². The van der Waals surface area contributed by atoms with Gasteiger partial charge in [0.2, 0.25) is 5.91 Å². The van der Waals surface area contributed by atoms with Crippen LogP contribution in [-0.4, -0.2) is 17.3 Å². The Hall–Kier alpha value is -1.84. The molecule has 1 amide bonds. The molecule has 1 saturated carbocycles. The zero-order valence-corrected chi connectivity index (χ0v) is 14.0. The second-order valence-corrected chi connectivity index (χ2v) is 7.43. The van der Waals surface area contributed by atoms with Crippen LogP contribution < -0.4 is 10.1 Å². The van der Waals surface area contributed by atoms with Crippen molar-refractivity contribution < 1.29 is 14.3 Å². The van der Waals surface area contributed by atoms with Crippen LogP contribution in [0, 0.1) is 5.92 Å². The number of carbonyl (C=O) groups excluding carboxylic acids is 2. The average Bonchev–Trinajstić information content (AvgIpc) is 2.48. The molecule has 0 saturated heterocycles. The summed E-state index contributed by atoms with van der Waals surface area (Å²) in [4.78, 5) is 24.5. The minimum atomic E-state index is -0.462. The number of anilines is 1. The van der Waals surface area contributed by atoms with E-state index < -0.39 is 5.60 Å². The maximum atomic E-state index is 12.3. The van der Waals surface area contributed by atoms with Crippen LogP contribution in [0.5, 0.6) is 5.75 Å². The van der Waals surface area contributed by atoms with E-state index in [9.17, 15) is 9.59 Å². The molecule has 124 valence electrons. The first-order valence-corrected chi connectivity index (χ1v) is 8.59. The zero-order valence-electron chi connectivity index (χ0n) is 14.0. The molecule has 3 rings (SSSR count). The van der Waals surface area contributed by atoms with Crippen molar-refractivity contribution in [1.82, 2.24) is 0 Å². The number of amides is 1. The van der Waals surface area contributed by atoms with Crippen molar-refractivity contribution >= 4 is 17.4 Å². The Balaban J connectivity index is 1.66. The molecule has 4 nitrogen and oxygen atoms in total. The molecule has 0 radical (unpaired) electrons. The van der Waals surface area contributed by atoms with Gasteiger partial charge in [0.05, 0.1) is 12.0 Å². The van der Waals surface area contributed by atoms with Gasteiger partial charge in [-0.2, -0.15) is 0 Å². The van der Waals surface area contributed by atoms with Crippen molar-refractivity contribution in [1.29, 1.82) is 0 Å². The Kier molecular flexibility index (Phi) is 4.42. The summed E-state index contributed by atoms with van der Waals surface area (Å²) in [5.74, 6) is 1.23. The number of hydrogen-bond donors (Lipinski definition) is 1. The van der Waals surface area contributed by atoms with Gasteiger partial charge in [0, 0.05) is 12.1 Å². The van der Waals surface area contributed by atoms with Crippen LogP contribution in [0.15, 0.2) is 18.2 Å². The summed E-state index contributed by atoms with van der Waals surface area (Å²) in [5, 5.41) is 2.93. The fourth-order valence-corrected chi connectivity index (χ4v) is 3.60. The highest BCUT2D eigenvalue weighted by atomic mass is 16.5. The number of benzene rings is 1. The van der Waals surface area contributed by atoms with E-state index in [2.05, 4.69) is 5.32 Å². The largest absolute Gasteiger partial charge is 0.487 e. The molecular formula is C19H25NO3. The summed E-state index contributed by atoms with van der Waals surface area (Å²) in [6, 6.07) is 5.34. The van der Waals surface area contributed by atoms with E-state index >= 15 is 0 Å². The zero-order chi connectivity index (χ0) is 16.4. The third-order valence-electron chi connectivity index (χ3n) is 4.74. The lowest BCUT2D eigenvalue weighted by Crippen LogP contribution is -2.35. The number of ketones is 1. The van der Waals surface area contributed by atoms with E-state index in [4.69, 9.17) is 4.74 Å². The van der Waals surface area contributed by atoms with Gasteiger partial charge in [-0.25, -0.2) is 0 Å². The molecule has 0 spiro atoms. The van der Waals surface area contributed by atoms with Crippen LogP contribution in [0.1, 0.15) is 69.2 Å². The number of fused-ring (bicyclic) bond motifs is 1. The summed E-state index contributed by atoms with van der Waals surface area (Å²) in [6.07, 6.45) is 7.00. The molecule has 1 aromatic rings. The van der Waals surface area contributed by atoms with E-state index in [1.807, 2.05) is 19.9 Å². The van der Waals surface area contributed by atoms with Crippen LogP contribution in [0.2, 0.25) is 0 Å². The van der Waals surface area contributed by atoms with Crippen LogP contribution >= 0.6 is 0 Å². The van der Waals surface area contributed by atoms with Crippen molar-refractivity contribution in [2.75, 3.05) is 5.32 Å². The third-order valence-corrected chi connectivity index (χ3v) is 4.74. The minimum absolute atomic E-state index is 0.0429. The van der Waals surface area contributed by atoms with Crippen LogP contribution in [-0.2, 0) is 4.79 Å². The topological polar surface area (TPSA) is 55.4 Å². The Bertz CT molecular complexity index is 615. The molecule has 1 N–H and O–H groups in total. The molecule has 2 aliphatic rings. The summed E-state index contributed by atoms with van der Waals surface area (Å²) in [6.45, 7) is 3.82. The molecule has 1 heterocycles. The minimum Gasteiger partial charge on any atom is -0.487 e. The number of hydrogen-bond acceptors (Lipinski definition) is 3. The van der Waals surface area contributed by atoms with Gasteiger partial charge >= 0.3 is 0 Å². The van der Waals surface area contributed by atoms with E-state index in [1.54, 1.807) is 12.1 Å². The number of nitrogens with one attached hydrogen (secondary N) is 1. The molecule has 0 unspecified atom stereocenters. The van der Waals surface area contributed by atoms with Crippen molar-refractivity contribution in [2.24, 2.45) is 5.92 Å². The highest BCUT2D eigenvalue weighted by Crippen LogP contribution is 2.34. The highest BCUT2D eigenvalue weighted by Gasteiger charge is 2.32. The lowest BCUT2D eigenvalue weighted by atomic mass is 9.87. The van der Waals surface area contributed by atoms with Gasteiger partial charge in [-0.3, -0.25) is 9.59 Å². The predicted octanol–water partition coefficient (Wildman–Crippen LogP) is 4.34. The van der Waals surface area contributed by atoms with Crippen molar-refractivity contribution in [2.45, 2.75) is 64.4 Å². The van der Waals surface area contributed by atoms with Crippen molar-refractivity contribution in [3.63, 3.8) is 0 Å². The quantitative estimate of drug-likeness (QED) is 0.902. The van der Waals surface area contributed by atoms with Crippen molar-refractivity contribution in [3.05, 3.63) is 23.8 Å². The fraction of sp³-hybridized carbons (Fsp3) is 0.579. The molecular weight excluding hydrogens is 290 g/mol. The molecule has 0 aromatic heterocycles. The molecule has 0 atom stereocenters. The Morgan fingerprint density at radius 3 is 2.74 bits per heavy atom. The van der Waals surface area contributed by atoms with Crippen molar-refractivity contribution in [3.8, 4) is 5.75 Å². The van der Waals surface area contributed by atoms with E-state index in [0.717, 1.165) is 12.8 Å². The maximum Gasteiger partial charge on any atom is 0.224 e. The molecule has 4 heteroatoms. The summed E-state index contributed by atoms with van der Waals surface area (Å²) >= 11 is 0. The Morgan fingerprint density at radius 2 is 2.00 bits per heavy atom. The smallest absolute Gasteiger partial charge is 0.224 e. The summed E-state index contributed by atoms with van der Waals surface area (Å²) < 4.78 is 5.84. The Labute approximate surface area is 137 Å². The van der Waals surface area contributed by atoms with E-state index in [-0.39, 0.29) is 11.7 Å². The predicted molar refractivity (Wildman–Crippen MR) is 89.9 cm³/mol. The SMILES string of the molecule is CC1(C)CC(=O)c2cc(NC(=O)CC3CCCCC3)ccc2O1. The highest BCUT2D eigenvalue weighted by molar-refractivity contribution is 6.02. The number of rotatable bonds is 3. The first-order valence-electron chi connectivity index (χ1n) is 8.59. The number of carbonyl (C=O) groups is 2. The van der Waals surface area contributed by atoms with Crippen LogP contribution in [0.4, 0.5) is 5.69 Å².